The number of nitrogens with zero attached hydrogens (tertiary/aromatic N) is 2. The molecule has 1 aliphatic heterocycles. The van der Waals surface area contributed by atoms with Crippen molar-refractivity contribution in [2.24, 2.45) is 11.7 Å². The number of aromatic nitrogens is 1. The number of carbonyl (C=O) groups is 1. The first-order valence-electron chi connectivity index (χ1n) is 10.8. The van der Waals surface area contributed by atoms with E-state index in [-0.39, 0.29) is 11.8 Å². The quantitative estimate of drug-likeness (QED) is 0.664. The van der Waals surface area contributed by atoms with E-state index in [0.29, 0.717) is 0 Å². The molecule has 1 amide bonds. The molecule has 2 N–H and O–H groups in total. The van der Waals surface area contributed by atoms with Gasteiger partial charge in [0.1, 0.15) is 0 Å². The number of halogens is 1. The molecule has 0 radical (unpaired) electrons. The molecule has 2 heterocycles. The second kappa shape index (κ2) is 8.01. The van der Waals surface area contributed by atoms with E-state index in [2.05, 4.69) is 23.1 Å². The average Bonchev–Trinajstić information content (AvgIpc) is 3.20. The van der Waals surface area contributed by atoms with Gasteiger partial charge >= 0.3 is 0 Å². The fourth-order valence-corrected chi connectivity index (χ4v) is 5.01. The summed E-state index contributed by atoms with van der Waals surface area (Å²) in [4.78, 5) is 19.0. The molecule has 154 valence electrons. The standard InChI is InChI=1S/C25H26ClN3O/c26-22-6-4-16(5-7-22)24-21(15-29-10-8-17(9-11-29)25(27)30)13-20-12-18-2-1-3-19(18)14-23(20)28-24/h4-7,12-14,17H,1-3,8-11,15H2,(H2,27,30). The van der Waals surface area contributed by atoms with Gasteiger partial charge in [-0.3, -0.25) is 9.69 Å². The van der Waals surface area contributed by atoms with Gasteiger partial charge in [0.15, 0.2) is 0 Å². The van der Waals surface area contributed by atoms with E-state index in [9.17, 15) is 4.79 Å². The Hall–Kier alpha value is -2.43. The lowest BCUT2D eigenvalue weighted by atomic mass is 9.95. The van der Waals surface area contributed by atoms with Gasteiger partial charge in [-0.25, -0.2) is 4.98 Å². The minimum Gasteiger partial charge on any atom is -0.369 e. The molecule has 2 aliphatic rings. The van der Waals surface area contributed by atoms with E-state index < -0.39 is 0 Å². The van der Waals surface area contributed by atoms with Crippen molar-refractivity contribution in [2.75, 3.05) is 13.1 Å². The first-order chi connectivity index (χ1) is 14.6. The van der Waals surface area contributed by atoms with Crippen LogP contribution in [0.15, 0.2) is 42.5 Å². The number of pyridine rings is 1. The van der Waals surface area contributed by atoms with E-state index in [4.69, 9.17) is 22.3 Å². The summed E-state index contributed by atoms with van der Waals surface area (Å²) in [6.07, 6.45) is 5.22. The SMILES string of the molecule is NC(=O)C1CCN(Cc2cc3cc4c(cc3nc2-c2ccc(Cl)cc2)CCC4)CC1. The number of amides is 1. The zero-order valence-electron chi connectivity index (χ0n) is 17.0. The summed E-state index contributed by atoms with van der Waals surface area (Å²) in [5, 5.41) is 1.95. The normalized spacial score (nSPS) is 17.4. The maximum atomic E-state index is 11.5. The number of carbonyl (C=O) groups excluding carboxylic acids is 1. The van der Waals surface area contributed by atoms with Crippen LogP contribution in [0.5, 0.6) is 0 Å². The van der Waals surface area contributed by atoms with E-state index in [1.807, 2.05) is 24.3 Å². The number of hydrogen-bond acceptors (Lipinski definition) is 3. The van der Waals surface area contributed by atoms with E-state index in [1.54, 1.807) is 0 Å². The maximum absolute atomic E-state index is 11.5. The van der Waals surface area contributed by atoms with Crippen LogP contribution in [-0.2, 0) is 24.2 Å². The smallest absolute Gasteiger partial charge is 0.220 e. The van der Waals surface area contributed by atoms with Gasteiger partial charge in [-0.2, -0.15) is 0 Å². The summed E-state index contributed by atoms with van der Waals surface area (Å²) in [6, 6.07) is 14.9. The van der Waals surface area contributed by atoms with Crippen molar-refractivity contribution in [3.05, 3.63) is 64.2 Å². The van der Waals surface area contributed by atoms with Crippen LogP contribution in [0.3, 0.4) is 0 Å². The highest BCUT2D eigenvalue weighted by molar-refractivity contribution is 6.30. The Bertz CT molecular complexity index is 1100. The molecular weight excluding hydrogens is 394 g/mol. The molecule has 1 saturated heterocycles. The third-order valence-electron chi connectivity index (χ3n) is 6.61. The van der Waals surface area contributed by atoms with Crippen LogP contribution in [-0.4, -0.2) is 28.9 Å². The molecule has 3 aromatic rings. The first kappa shape index (κ1) is 19.5. The van der Waals surface area contributed by atoms with Crippen LogP contribution in [0.1, 0.15) is 36.0 Å². The van der Waals surface area contributed by atoms with Gasteiger partial charge in [0, 0.05) is 28.4 Å². The molecule has 0 saturated carbocycles. The lowest BCUT2D eigenvalue weighted by Crippen LogP contribution is -2.38. The van der Waals surface area contributed by atoms with Crippen LogP contribution in [0.25, 0.3) is 22.2 Å². The minimum atomic E-state index is -0.169. The summed E-state index contributed by atoms with van der Waals surface area (Å²) in [5.74, 6) is -0.160. The summed E-state index contributed by atoms with van der Waals surface area (Å²) >= 11 is 6.13. The Kier molecular flexibility index (Phi) is 5.21. The molecule has 1 aromatic heterocycles. The number of primary amides is 1. The number of likely N-dealkylation sites (tertiary alicyclic amines) is 1. The van der Waals surface area contributed by atoms with E-state index in [1.165, 1.54) is 34.9 Å². The van der Waals surface area contributed by atoms with Crippen LogP contribution >= 0.6 is 11.6 Å². The predicted octanol–water partition coefficient (Wildman–Crippen LogP) is 4.74. The second-order valence-corrected chi connectivity index (χ2v) is 9.06. The average molecular weight is 420 g/mol. The highest BCUT2D eigenvalue weighted by Crippen LogP contribution is 2.32. The fourth-order valence-electron chi connectivity index (χ4n) is 4.89. The maximum Gasteiger partial charge on any atom is 0.220 e. The van der Waals surface area contributed by atoms with Gasteiger partial charge in [-0.1, -0.05) is 23.7 Å². The monoisotopic (exact) mass is 419 g/mol. The minimum absolute atomic E-state index is 0.00861. The molecule has 5 heteroatoms. The molecule has 1 aliphatic carbocycles. The molecule has 30 heavy (non-hydrogen) atoms. The van der Waals surface area contributed by atoms with E-state index >= 15 is 0 Å². The first-order valence-corrected chi connectivity index (χ1v) is 11.2. The molecule has 0 unspecified atom stereocenters. The van der Waals surface area contributed by atoms with Crippen LogP contribution < -0.4 is 5.73 Å². The Balaban J connectivity index is 1.53. The zero-order valence-corrected chi connectivity index (χ0v) is 17.8. The lowest BCUT2D eigenvalue weighted by Gasteiger charge is -2.31. The predicted molar refractivity (Wildman–Crippen MR) is 121 cm³/mol. The van der Waals surface area contributed by atoms with Crippen molar-refractivity contribution < 1.29 is 4.79 Å². The van der Waals surface area contributed by atoms with Crippen molar-refractivity contribution in [2.45, 2.75) is 38.6 Å². The molecular formula is C25H26ClN3O. The van der Waals surface area contributed by atoms with Gasteiger partial charge < -0.3 is 5.73 Å². The van der Waals surface area contributed by atoms with Crippen LogP contribution in [0.4, 0.5) is 0 Å². The van der Waals surface area contributed by atoms with Gasteiger partial charge in [0.25, 0.3) is 0 Å². The molecule has 4 nitrogen and oxygen atoms in total. The summed E-state index contributed by atoms with van der Waals surface area (Å²) < 4.78 is 0. The van der Waals surface area contributed by atoms with Crippen LogP contribution in [0.2, 0.25) is 5.02 Å². The number of aryl methyl sites for hydroxylation is 2. The van der Waals surface area contributed by atoms with Crippen LogP contribution in [0, 0.1) is 5.92 Å². The molecule has 0 atom stereocenters. The number of fused-ring (bicyclic) bond motifs is 2. The van der Waals surface area contributed by atoms with Crippen molar-refractivity contribution in [3.8, 4) is 11.3 Å². The van der Waals surface area contributed by atoms with Crippen molar-refractivity contribution in [1.29, 1.82) is 0 Å². The van der Waals surface area contributed by atoms with Crippen molar-refractivity contribution in [1.82, 2.24) is 9.88 Å². The summed E-state index contributed by atoms with van der Waals surface area (Å²) in [6.45, 7) is 2.59. The summed E-state index contributed by atoms with van der Waals surface area (Å²) in [7, 11) is 0. The Morgan fingerprint density at radius 1 is 1.07 bits per heavy atom. The van der Waals surface area contributed by atoms with E-state index in [0.717, 1.165) is 60.7 Å². The molecule has 5 rings (SSSR count). The zero-order chi connectivity index (χ0) is 20.7. The fraction of sp³-hybridized carbons (Fsp3) is 0.360. The third kappa shape index (κ3) is 3.82. The largest absolute Gasteiger partial charge is 0.369 e. The van der Waals surface area contributed by atoms with Crippen molar-refractivity contribution >= 4 is 28.4 Å². The van der Waals surface area contributed by atoms with Gasteiger partial charge in [0.2, 0.25) is 5.91 Å². The Labute approximate surface area is 182 Å². The summed E-state index contributed by atoms with van der Waals surface area (Å²) in [5.41, 5.74) is 12.8. The molecule has 2 aromatic carbocycles. The Morgan fingerprint density at radius 2 is 1.77 bits per heavy atom. The number of piperidine rings is 1. The van der Waals surface area contributed by atoms with Gasteiger partial charge in [-0.15, -0.1) is 0 Å². The van der Waals surface area contributed by atoms with Gasteiger partial charge in [-0.05, 0) is 92.2 Å². The molecule has 0 spiro atoms. The number of hydrogen-bond donors (Lipinski definition) is 1. The number of benzene rings is 2. The highest BCUT2D eigenvalue weighted by Gasteiger charge is 2.24. The van der Waals surface area contributed by atoms with Crippen molar-refractivity contribution in [3.63, 3.8) is 0 Å². The Morgan fingerprint density at radius 3 is 2.47 bits per heavy atom. The third-order valence-corrected chi connectivity index (χ3v) is 6.86. The molecule has 0 bridgehead atoms. The van der Waals surface area contributed by atoms with Gasteiger partial charge in [0.05, 0.1) is 11.2 Å². The molecule has 1 fully saturated rings. The second-order valence-electron chi connectivity index (χ2n) is 8.62. The number of rotatable bonds is 4. The highest BCUT2D eigenvalue weighted by atomic mass is 35.5. The lowest BCUT2D eigenvalue weighted by molar-refractivity contribution is -0.123. The topological polar surface area (TPSA) is 59.2 Å². The number of nitrogens with two attached hydrogens (primary N) is 1.